The first-order valence-corrected chi connectivity index (χ1v) is 9.23. The van der Waals surface area contributed by atoms with E-state index in [4.69, 9.17) is 0 Å². The molecule has 3 aromatic rings. The summed E-state index contributed by atoms with van der Waals surface area (Å²) in [4.78, 5) is 25.7. The Labute approximate surface area is 163 Å². The van der Waals surface area contributed by atoms with Crippen molar-refractivity contribution in [2.45, 2.75) is 6.42 Å². The summed E-state index contributed by atoms with van der Waals surface area (Å²) < 4.78 is 1.82. The minimum Gasteiger partial charge on any atom is -0.352 e. The SMILES string of the molecule is O=C(NCCc1cnn(-c2ccccc2)c1)c1ccc(N2CCNC2=O)cc1. The van der Waals surface area contributed by atoms with E-state index in [1.807, 2.05) is 47.4 Å². The van der Waals surface area contributed by atoms with Gasteiger partial charge in [0.1, 0.15) is 0 Å². The number of nitrogens with one attached hydrogen (secondary N) is 2. The number of amides is 3. The van der Waals surface area contributed by atoms with E-state index < -0.39 is 0 Å². The largest absolute Gasteiger partial charge is 0.352 e. The normalized spacial score (nSPS) is 13.4. The molecule has 1 fully saturated rings. The number of para-hydroxylation sites is 1. The van der Waals surface area contributed by atoms with Crippen molar-refractivity contribution in [1.29, 1.82) is 0 Å². The lowest BCUT2D eigenvalue weighted by molar-refractivity contribution is 0.0954. The van der Waals surface area contributed by atoms with Gasteiger partial charge in [0.25, 0.3) is 5.91 Å². The predicted octanol–water partition coefficient (Wildman–Crippen LogP) is 2.37. The van der Waals surface area contributed by atoms with Crippen molar-refractivity contribution in [1.82, 2.24) is 20.4 Å². The predicted molar refractivity (Wildman–Crippen MR) is 107 cm³/mol. The van der Waals surface area contributed by atoms with Crippen LogP contribution < -0.4 is 15.5 Å². The van der Waals surface area contributed by atoms with E-state index >= 15 is 0 Å². The molecule has 0 aliphatic carbocycles. The molecule has 1 aromatic heterocycles. The van der Waals surface area contributed by atoms with E-state index in [0.717, 1.165) is 16.9 Å². The van der Waals surface area contributed by atoms with Gasteiger partial charge < -0.3 is 10.6 Å². The van der Waals surface area contributed by atoms with Crippen molar-refractivity contribution >= 4 is 17.6 Å². The zero-order chi connectivity index (χ0) is 19.3. The van der Waals surface area contributed by atoms with Crippen LogP contribution in [0, 0.1) is 0 Å². The van der Waals surface area contributed by atoms with Crippen LogP contribution in [0.3, 0.4) is 0 Å². The Balaban J connectivity index is 1.30. The van der Waals surface area contributed by atoms with Gasteiger partial charge in [-0.05, 0) is 48.4 Å². The molecule has 3 amide bonds. The highest BCUT2D eigenvalue weighted by molar-refractivity contribution is 5.97. The second kappa shape index (κ2) is 7.96. The fraction of sp³-hybridized carbons (Fsp3) is 0.190. The molecule has 0 saturated carbocycles. The van der Waals surface area contributed by atoms with Crippen LogP contribution in [-0.4, -0.2) is 41.4 Å². The van der Waals surface area contributed by atoms with Gasteiger partial charge in [-0.1, -0.05) is 18.2 Å². The maximum Gasteiger partial charge on any atom is 0.321 e. The van der Waals surface area contributed by atoms with Crippen LogP contribution >= 0.6 is 0 Å². The van der Waals surface area contributed by atoms with E-state index in [1.54, 1.807) is 29.2 Å². The summed E-state index contributed by atoms with van der Waals surface area (Å²) in [5, 5.41) is 10.0. The van der Waals surface area contributed by atoms with Crippen molar-refractivity contribution in [2.75, 3.05) is 24.5 Å². The molecule has 0 radical (unpaired) electrons. The number of rotatable bonds is 6. The number of carbonyl (C=O) groups excluding carboxylic acids is 2. The second-order valence-electron chi connectivity index (χ2n) is 6.57. The fourth-order valence-electron chi connectivity index (χ4n) is 3.14. The first-order chi connectivity index (χ1) is 13.7. The summed E-state index contributed by atoms with van der Waals surface area (Å²) in [5.74, 6) is -0.132. The molecule has 2 heterocycles. The average molecular weight is 375 g/mol. The van der Waals surface area contributed by atoms with Gasteiger partial charge in [-0.2, -0.15) is 5.10 Å². The number of aromatic nitrogens is 2. The summed E-state index contributed by atoms with van der Waals surface area (Å²) >= 11 is 0. The standard InChI is InChI=1S/C21H21N5O2/c27-20(17-6-8-18(9-7-17)25-13-12-23-21(25)28)22-11-10-16-14-24-26(15-16)19-4-2-1-3-5-19/h1-9,14-15H,10-13H2,(H,22,27)(H,23,28). The van der Waals surface area contributed by atoms with E-state index in [9.17, 15) is 9.59 Å². The van der Waals surface area contributed by atoms with Crippen LogP contribution in [0.2, 0.25) is 0 Å². The lowest BCUT2D eigenvalue weighted by Gasteiger charge is -2.14. The van der Waals surface area contributed by atoms with Crippen molar-refractivity contribution in [3.05, 3.63) is 78.1 Å². The van der Waals surface area contributed by atoms with Gasteiger partial charge in [-0.3, -0.25) is 9.69 Å². The minimum atomic E-state index is -0.132. The lowest BCUT2D eigenvalue weighted by Crippen LogP contribution is -2.28. The van der Waals surface area contributed by atoms with E-state index in [0.29, 0.717) is 31.6 Å². The van der Waals surface area contributed by atoms with Gasteiger partial charge in [0, 0.05) is 37.1 Å². The summed E-state index contributed by atoms with van der Waals surface area (Å²) in [6.45, 7) is 1.80. The van der Waals surface area contributed by atoms with Crippen LogP contribution in [-0.2, 0) is 6.42 Å². The van der Waals surface area contributed by atoms with Crippen LogP contribution in [0.4, 0.5) is 10.5 Å². The van der Waals surface area contributed by atoms with Crippen molar-refractivity contribution in [3.63, 3.8) is 0 Å². The highest BCUT2D eigenvalue weighted by atomic mass is 16.2. The minimum absolute atomic E-state index is 0.103. The molecule has 0 bridgehead atoms. The smallest absolute Gasteiger partial charge is 0.321 e. The summed E-state index contributed by atoms with van der Waals surface area (Å²) in [6, 6.07) is 16.9. The summed E-state index contributed by atoms with van der Waals surface area (Å²) in [7, 11) is 0. The number of urea groups is 1. The van der Waals surface area contributed by atoms with Gasteiger partial charge in [0.2, 0.25) is 0 Å². The molecule has 4 rings (SSSR count). The van der Waals surface area contributed by atoms with Crippen LogP contribution in [0.1, 0.15) is 15.9 Å². The first kappa shape index (κ1) is 17.8. The molecule has 7 heteroatoms. The van der Waals surface area contributed by atoms with E-state index in [2.05, 4.69) is 15.7 Å². The molecule has 1 aliphatic heterocycles. The molecule has 0 unspecified atom stereocenters. The molecule has 0 spiro atoms. The highest BCUT2D eigenvalue weighted by Crippen LogP contribution is 2.17. The van der Waals surface area contributed by atoms with Crippen molar-refractivity contribution < 1.29 is 9.59 Å². The molecular formula is C21H21N5O2. The molecule has 7 nitrogen and oxygen atoms in total. The van der Waals surface area contributed by atoms with Crippen LogP contribution in [0.5, 0.6) is 0 Å². The van der Waals surface area contributed by atoms with Crippen LogP contribution in [0.15, 0.2) is 67.0 Å². The fourth-order valence-corrected chi connectivity index (χ4v) is 3.14. The van der Waals surface area contributed by atoms with E-state index in [1.165, 1.54) is 0 Å². The molecule has 28 heavy (non-hydrogen) atoms. The van der Waals surface area contributed by atoms with E-state index in [-0.39, 0.29) is 11.9 Å². The molecule has 142 valence electrons. The topological polar surface area (TPSA) is 79.3 Å². The zero-order valence-corrected chi connectivity index (χ0v) is 15.3. The lowest BCUT2D eigenvalue weighted by atomic mass is 10.1. The number of hydrogen-bond donors (Lipinski definition) is 2. The summed E-state index contributed by atoms with van der Waals surface area (Å²) in [5.41, 5.74) is 3.42. The molecule has 0 atom stereocenters. The zero-order valence-electron chi connectivity index (χ0n) is 15.3. The highest BCUT2D eigenvalue weighted by Gasteiger charge is 2.21. The third-order valence-electron chi connectivity index (χ3n) is 4.65. The van der Waals surface area contributed by atoms with Crippen molar-refractivity contribution in [2.24, 2.45) is 0 Å². The number of anilines is 1. The van der Waals surface area contributed by atoms with Gasteiger partial charge in [0.15, 0.2) is 0 Å². The molecule has 1 saturated heterocycles. The third-order valence-corrected chi connectivity index (χ3v) is 4.65. The number of carbonyl (C=O) groups is 2. The Morgan fingerprint density at radius 1 is 1.07 bits per heavy atom. The number of benzene rings is 2. The monoisotopic (exact) mass is 375 g/mol. The Kier molecular flexibility index (Phi) is 5.05. The molecule has 2 N–H and O–H groups in total. The Hall–Kier alpha value is -3.61. The second-order valence-corrected chi connectivity index (χ2v) is 6.57. The van der Waals surface area contributed by atoms with Gasteiger partial charge in [0.05, 0.1) is 11.9 Å². The van der Waals surface area contributed by atoms with Crippen molar-refractivity contribution in [3.8, 4) is 5.69 Å². The maximum absolute atomic E-state index is 12.3. The van der Waals surface area contributed by atoms with Gasteiger partial charge in [-0.15, -0.1) is 0 Å². The third kappa shape index (κ3) is 3.88. The molecule has 1 aliphatic rings. The Bertz CT molecular complexity index is 966. The Morgan fingerprint density at radius 2 is 1.86 bits per heavy atom. The van der Waals surface area contributed by atoms with Gasteiger partial charge >= 0.3 is 6.03 Å². The first-order valence-electron chi connectivity index (χ1n) is 9.23. The summed E-state index contributed by atoms with van der Waals surface area (Å²) in [6.07, 6.45) is 4.48. The molecular weight excluding hydrogens is 354 g/mol. The average Bonchev–Trinajstić information content (AvgIpc) is 3.38. The number of hydrogen-bond acceptors (Lipinski definition) is 3. The van der Waals surface area contributed by atoms with Gasteiger partial charge in [-0.25, -0.2) is 9.48 Å². The van der Waals surface area contributed by atoms with Crippen LogP contribution in [0.25, 0.3) is 5.69 Å². The number of nitrogens with zero attached hydrogens (tertiary/aromatic N) is 3. The Morgan fingerprint density at radius 3 is 2.57 bits per heavy atom. The molecule has 2 aromatic carbocycles. The quantitative estimate of drug-likeness (QED) is 0.694. The maximum atomic E-state index is 12.3.